The molecule has 0 bridgehead atoms. The van der Waals surface area contributed by atoms with E-state index in [2.05, 4.69) is 15.3 Å². The Bertz CT molecular complexity index is 1210. The number of piperazine rings is 1. The van der Waals surface area contributed by atoms with E-state index in [0.29, 0.717) is 36.0 Å². The van der Waals surface area contributed by atoms with Crippen molar-refractivity contribution in [2.24, 2.45) is 0 Å². The number of amides is 1. The molecule has 4 aromatic rings. The van der Waals surface area contributed by atoms with Crippen LogP contribution in [0.1, 0.15) is 0 Å². The first-order valence-electron chi connectivity index (χ1n) is 9.15. The Kier molecular flexibility index (Phi) is 4.35. The number of nitrogens with zero attached hydrogens (tertiary/aromatic N) is 6. The van der Waals surface area contributed by atoms with Crippen LogP contribution < -0.4 is 4.90 Å². The number of benzene rings is 2. The van der Waals surface area contributed by atoms with Gasteiger partial charge in [-0.2, -0.15) is 0 Å². The second-order valence-corrected chi connectivity index (χ2v) is 7.84. The molecular formula is C19H16F2N6OS. The van der Waals surface area contributed by atoms with Crippen molar-refractivity contribution in [3.8, 4) is 0 Å². The quantitative estimate of drug-likeness (QED) is 0.516. The molecule has 1 saturated heterocycles. The summed E-state index contributed by atoms with van der Waals surface area (Å²) in [7, 11) is 0. The largest absolute Gasteiger partial charge is 0.345 e. The fourth-order valence-corrected chi connectivity index (χ4v) is 4.55. The van der Waals surface area contributed by atoms with Crippen LogP contribution in [0, 0.1) is 11.6 Å². The molecule has 0 radical (unpaired) electrons. The molecule has 0 aliphatic carbocycles. The lowest BCUT2D eigenvalue weighted by Gasteiger charge is -2.34. The molecule has 1 amide bonds. The van der Waals surface area contributed by atoms with Crippen molar-refractivity contribution < 1.29 is 13.6 Å². The highest BCUT2D eigenvalue weighted by atomic mass is 32.1. The van der Waals surface area contributed by atoms with Gasteiger partial charge in [-0.1, -0.05) is 28.7 Å². The maximum absolute atomic E-state index is 13.9. The van der Waals surface area contributed by atoms with Crippen molar-refractivity contribution in [2.75, 3.05) is 31.1 Å². The van der Waals surface area contributed by atoms with Crippen LogP contribution in [0.3, 0.4) is 0 Å². The summed E-state index contributed by atoms with van der Waals surface area (Å²) in [6.45, 7) is 2.34. The third-order valence-corrected chi connectivity index (χ3v) is 6.07. The molecule has 2 aromatic heterocycles. The zero-order valence-corrected chi connectivity index (χ0v) is 16.1. The summed E-state index contributed by atoms with van der Waals surface area (Å²) in [4.78, 5) is 20.8. The topological polar surface area (TPSA) is 67.2 Å². The van der Waals surface area contributed by atoms with Crippen molar-refractivity contribution in [2.45, 2.75) is 6.54 Å². The normalized spacial score (nSPS) is 14.8. The zero-order valence-electron chi connectivity index (χ0n) is 15.3. The van der Waals surface area contributed by atoms with Gasteiger partial charge in [-0.05, 0) is 18.2 Å². The maximum Gasteiger partial charge on any atom is 0.244 e. The van der Waals surface area contributed by atoms with Crippen LogP contribution in [0.15, 0.2) is 36.4 Å². The summed E-state index contributed by atoms with van der Waals surface area (Å²) in [5.41, 5.74) is 1.76. The number of thiazole rings is 1. The molecule has 5 rings (SSSR count). The van der Waals surface area contributed by atoms with Crippen LogP contribution in [0.25, 0.3) is 21.3 Å². The van der Waals surface area contributed by atoms with Crippen molar-refractivity contribution in [1.29, 1.82) is 0 Å². The van der Waals surface area contributed by atoms with E-state index in [1.807, 2.05) is 29.2 Å². The van der Waals surface area contributed by atoms with E-state index in [4.69, 9.17) is 0 Å². The van der Waals surface area contributed by atoms with Crippen molar-refractivity contribution in [1.82, 2.24) is 24.9 Å². The van der Waals surface area contributed by atoms with Gasteiger partial charge in [0.05, 0.1) is 10.2 Å². The Morgan fingerprint density at radius 2 is 1.90 bits per heavy atom. The van der Waals surface area contributed by atoms with Gasteiger partial charge in [0, 0.05) is 32.2 Å². The highest BCUT2D eigenvalue weighted by molar-refractivity contribution is 7.22. The van der Waals surface area contributed by atoms with Crippen LogP contribution in [0.5, 0.6) is 0 Å². The fraction of sp³-hybridized carbons (Fsp3) is 0.263. The molecule has 0 saturated carbocycles. The van der Waals surface area contributed by atoms with Crippen LogP contribution in [-0.4, -0.2) is 57.0 Å². The van der Waals surface area contributed by atoms with Crippen molar-refractivity contribution in [3.05, 3.63) is 48.0 Å². The number of anilines is 1. The number of rotatable bonds is 3. The number of aromatic nitrogens is 4. The Labute approximate surface area is 168 Å². The van der Waals surface area contributed by atoms with E-state index in [-0.39, 0.29) is 18.0 Å². The molecule has 148 valence electrons. The summed E-state index contributed by atoms with van der Waals surface area (Å²) < 4.78 is 29.4. The molecule has 29 heavy (non-hydrogen) atoms. The highest BCUT2D eigenvalue weighted by Crippen LogP contribution is 2.31. The number of halogens is 2. The molecule has 1 aliphatic heterocycles. The van der Waals surface area contributed by atoms with Crippen molar-refractivity contribution >= 4 is 43.6 Å². The molecule has 3 heterocycles. The van der Waals surface area contributed by atoms with Gasteiger partial charge in [0.15, 0.2) is 10.9 Å². The molecule has 1 fully saturated rings. The number of hydrogen-bond donors (Lipinski definition) is 0. The smallest absolute Gasteiger partial charge is 0.244 e. The van der Waals surface area contributed by atoms with Gasteiger partial charge in [-0.15, -0.1) is 5.10 Å². The van der Waals surface area contributed by atoms with Crippen molar-refractivity contribution in [3.63, 3.8) is 0 Å². The molecule has 0 atom stereocenters. The minimum atomic E-state index is -0.656. The monoisotopic (exact) mass is 414 g/mol. The molecule has 1 aliphatic rings. The molecular weight excluding hydrogens is 398 g/mol. The molecule has 2 aromatic carbocycles. The second-order valence-electron chi connectivity index (χ2n) is 6.83. The molecule has 10 heteroatoms. The van der Waals surface area contributed by atoms with Gasteiger partial charge in [-0.3, -0.25) is 4.79 Å². The van der Waals surface area contributed by atoms with Gasteiger partial charge in [0.25, 0.3) is 0 Å². The number of para-hydroxylation sites is 1. The van der Waals surface area contributed by atoms with Crippen LogP contribution >= 0.6 is 11.3 Å². The predicted octanol–water partition coefficient (Wildman–Crippen LogP) is 2.67. The minimum Gasteiger partial charge on any atom is -0.345 e. The Hall–Kier alpha value is -3.14. The third kappa shape index (κ3) is 3.29. The summed E-state index contributed by atoms with van der Waals surface area (Å²) in [6.07, 6.45) is 0. The van der Waals surface area contributed by atoms with E-state index in [1.165, 1.54) is 17.4 Å². The minimum absolute atomic E-state index is 0.0299. The van der Waals surface area contributed by atoms with Gasteiger partial charge >= 0.3 is 0 Å². The molecule has 0 unspecified atom stereocenters. The van der Waals surface area contributed by atoms with Gasteiger partial charge in [0.1, 0.15) is 23.4 Å². The standard InChI is InChI=1S/C19H16F2N6OS/c20-12-9-13(21)18-16(10-12)29-19(22-18)26-7-5-25(6-8-26)17(28)11-27-15-4-2-1-3-14(15)23-24-27/h1-4,9-10H,5-8,11H2. The lowest BCUT2D eigenvalue weighted by molar-refractivity contribution is -0.132. The average Bonchev–Trinajstić information content (AvgIpc) is 3.33. The number of hydrogen-bond acceptors (Lipinski definition) is 6. The lowest BCUT2D eigenvalue weighted by Crippen LogP contribution is -2.49. The highest BCUT2D eigenvalue weighted by Gasteiger charge is 2.24. The van der Waals surface area contributed by atoms with E-state index >= 15 is 0 Å². The van der Waals surface area contributed by atoms with E-state index in [1.54, 1.807) is 9.58 Å². The molecule has 7 nitrogen and oxygen atoms in total. The number of carbonyl (C=O) groups is 1. The third-order valence-electron chi connectivity index (χ3n) is 5.01. The first-order chi connectivity index (χ1) is 14.1. The summed E-state index contributed by atoms with van der Waals surface area (Å²) in [6, 6.07) is 9.64. The Morgan fingerprint density at radius 1 is 1.10 bits per heavy atom. The van der Waals surface area contributed by atoms with Gasteiger partial charge < -0.3 is 9.80 Å². The average molecular weight is 414 g/mol. The number of carbonyl (C=O) groups excluding carboxylic acids is 1. The van der Waals surface area contributed by atoms with Crippen LogP contribution in [-0.2, 0) is 11.3 Å². The lowest BCUT2D eigenvalue weighted by atomic mass is 10.3. The Balaban J connectivity index is 1.26. The van der Waals surface area contributed by atoms with Gasteiger partial charge in [-0.25, -0.2) is 18.4 Å². The Morgan fingerprint density at radius 3 is 2.72 bits per heavy atom. The fourth-order valence-electron chi connectivity index (χ4n) is 3.49. The van der Waals surface area contributed by atoms with Crippen LogP contribution in [0.2, 0.25) is 0 Å². The molecule has 0 N–H and O–H groups in total. The molecule has 0 spiro atoms. The summed E-state index contributed by atoms with van der Waals surface area (Å²) in [5.74, 6) is -1.30. The van der Waals surface area contributed by atoms with Crippen LogP contribution in [0.4, 0.5) is 13.9 Å². The van der Waals surface area contributed by atoms with E-state index in [9.17, 15) is 13.6 Å². The first-order valence-corrected chi connectivity index (χ1v) is 9.97. The predicted molar refractivity (Wildman–Crippen MR) is 106 cm³/mol. The van der Waals surface area contributed by atoms with Gasteiger partial charge in [0.2, 0.25) is 5.91 Å². The van der Waals surface area contributed by atoms with E-state index in [0.717, 1.165) is 17.1 Å². The second kappa shape index (κ2) is 7.03. The van der Waals surface area contributed by atoms with E-state index < -0.39 is 11.6 Å². The maximum atomic E-state index is 13.9. The number of fused-ring (bicyclic) bond motifs is 2. The zero-order chi connectivity index (χ0) is 20.0. The summed E-state index contributed by atoms with van der Waals surface area (Å²) in [5, 5.41) is 8.78. The summed E-state index contributed by atoms with van der Waals surface area (Å²) >= 11 is 1.26. The first kappa shape index (κ1) is 17.9. The SMILES string of the molecule is O=C(Cn1nnc2ccccc21)N1CCN(c2nc3c(F)cc(F)cc3s2)CC1.